The van der Waals surface area contributed by atoms with Crippen molar-refractivity contribution >= 4 is 34.2 Å². The Labute approximate surface area is 132 Å². The van der Waals surface area contributed by atoms with Gasteiger partial charge in [-0.1, -0.05) is 23.7 Å². The summed E-state index contributed by atoms with van der Waals surface area (Å²) in [6.45, 7) is 1.84. The smallest absolute Gasteiger partial charge is 0.291 e. The first-order chi connectivity index (χ1) is 10.6. The molecule has 0 saturated carbocycles. The van der Waals surface area contributed by atoms with Gasteiger partial charge in [0.15, 0.2) is 5.76 Å². The summed E-state index contributed by atoms with van der Waals surface area (Å²) in [7, 11) is 1.60. The molecule has 1 amide bonds. The molecule has 1 heterocycles. The molecule has 0 saturated heterocycles. The van der Waals surface area contributed by atoms with E-state index in [1.807, 2.05) is 13.0 Å². The van der Waals surface area contributed by atoms with Crippen LogP contribution >= 0.6 is 11.6 Å². The van der Waals surface area contributed by atoms with Gasteiger partial charge in [-0.3, -0.25) is 4.79 Å². The summed E-state index contributed by atoms with van der Waals surface area (Å²) in [6, 6.07) is 12.5. The van der Waals surface area contributed by atoms with Crippen LogP contribution in [-0.2, 0) is 0 Å². The highest BCUT2D eigenvalue weighted by Crippen LogP contribution is 2.30. The Bertz CT molecular complexity index is 854. The molecule has 0 radical (unpaired) electrons. The van der Waals surface area contributed by atoms with E-state index in [9.17, 15) is 4.79 Å². The number of benzene rings is 2. The van der Waals surface area contributed by atoms with Crippen molar-refractivity contribution in [1.29, 1.82) is 0 Å². The molecule has 22 heavy (non-hydrogen) atoms. The number of halogens is 1. The van der Waals surface area contributed by atoms with Crippen molar-refractivity contribution in [3.05, 3.63) is 58.8 Å². The minimum absolute atomic E-state index is 0.267. The van der Waals surface area contributed by atoms with Crippen molar-refractivity contribution in [2.24, 2.45) is 0 Å². The van der Waals surface area contributed by atoms with Gasteiger partial charge in [0.1, 0.15) is 11.3 Å². The zero-order valence-electron chi connectivity index (χ0n) is 12.1. The quantitative estimate of drug-likeness (QED) is 0.765. The van der Waals surface area contributed by atoms with Crippen LogP contribution in [0.2, 0.25) is 5.02 Å². The molecule has 4 nitrogen and oxygen atoms in total. The number of anilines is 1. The summed E-state index contributed by atoms with van der Waals surface area (Å²) >= 11 is 6.05. The van der Waals surface area contributed by atoms with E-state index < -0.39 is 0 Å². The number of rotatable bonds is 3. The maximum absolute atomic E-state index is 12.4. The van der Waals surface area contributed by atoms with Crippen molar-refractivity contribution in [1.82, 2.24) is 0 Å². The molecule has 3 rings (SSSR count). The van der Waals surface area contributed by atoms with Gasteiger partial charge in [0.2, 0.25) is 0 Å². The second kappa shape index (κ2) is 5.73. The van der Waals surface area contributed by atoms with E-state index in [1.54, 1.807) is 43.5 Å². The van der Waals surface area contributed by atoms with Crippen LogP contribution in [0.15, 0.2) is 46.9 Å². The molecule has 0 aliphatic heterocycles. The lowest BCUT2D eigenvalue weighted by molar-refractivity contribution is 0.0998. The van der Waals surface area contributed by atoms with Crippen molar-refractivity contribution < 1.29 is 13.9 Å². The number of nitrogens with one attached hydrogen (secondary N) is 1. The summed E-state index contributed by atoms with van der Waals surface area (Å²) in [4.78, 5) is 12.4. The van der Waals surface area contributed by atoms with Gasteiger partial charge in [-0.15, -0.1) is 0 Å². The van der Waals surface area contributed by atoms with Gasteiger partial charge in [0.05, 0.1) is 17.8 Å². The normalized spacial score (nSPS) is 10.7. The summed E-state index contributed by atoms with van der Waals surface area (Å²) in [5.74, 6) is 0.651. The van der Waals surface area contributed by atoms with E-state index in [-0.39, 0.29) is 11.7 Å². The molecular weight excluding hydrogens is 302 g/mol. The average molecular weight is 316 g/mol. The van der Waals surface area contributed by atoms with E-state index in [0.29, 0.717) is 16.3 Å². The molecular formula is C17H14ClNO3. The average Bonchev–Trinajstić information content (AvgIpc) is 2.86. The Morgan fingerprint density at radius 1 is 1.23 bits per heavy atom. The third-order valence-corrected chi connectivity index (χ3v) is 3.80. The number of fused-ring (bicyclic) bond motifs is 1. The topological polar surface area (TPSA) is 51.5 Å². The first-order valence-corrected chi connectivity index (χ1v) is 7.11. The van der Waals surface area contributed by atoms with Crippen LogP contribution in [0.5, 0.6) is 5.75 Å². The highest BCUT2D eigenvalue weighted by atomic mass is 35.5. The lowest BCUT2D eigenvalue weighted by Gasteiger charge is -2.05. The molecule has 0 unspecified atom stereocenters. The molecule has 0 aliphatic rings. The monoisotopic (exact) mass is 315 g/mol. The number of ether oxygens (including phenoxy) is 1. The Kier molecular flexibility index (Phi) is 3.77. The van der Waals surface area contributed by atoms with E-state index in [0.717, 1.165) is 16.7 Å². The Hall–Kier alpha value is -2.46. The van der Waals surface area contributed by atoms with Gasteiger partial charge in [-0.05, 0) is 37.3 Å². The number of furan rings is 1. The standard InChI is InChI=1S/C17H14ClNO3/c1-10-12-9-11(21-2)7-8-15(12)22-16(10)17(20)19-14-6-4-3-5-13(14)18/h3-9H,1-2H3,(H,19,20). The first kappa shape index (κ1) is 14.5. The van der Waals surface area contributed by atoms with Crippen molar-refractivity contribution in [3.63, 3.8) is 0 Å². The van der Waals surface area contributed by atoms with Crippen LogP contribution < -0.4 is 10.1 Å². The maximum Gasteiger partial charge on any atom is 0.291 e. The van der Waals surface area contributed by atoms with Crippen LogP contribution in [0.25, 0.3) is 11.0 Å². The van der Waals surface area contributed by atoms with Gasteiger partial charge in [-0.2, -0.15) is 0 Å². The molecule has 112 valence electrons. The minimum atomic E-state index is -0.333. The minimum Gasteiger partial charge on any atom is -0.497 e. The molecule has 0 aliphatic carbocycles. The Balaban J connectivity index is 1.97. The van der Waals surface area contributed by atoms with Gasteiger partial charge < -0.3 is 14.5 Å². The fraction of sp³-hybridized carbons (Fsp3) is 0.118. The fourth-order valence-corrected chi connectivity index (χ4v) is 2.47. The highest BCUT2D eigenvalue weighted by molar-refractivity contribution is 6.33. The number of para-hydroxylation sites is 1. The highest BCUT2D eigenvalue weighted by Gasteiger charge is 2.18. The number of amides is 1. The largest absolute Gasteiger partial charge is 0.497 e. The van der Waals surface area contributed by atoms with Crippen molar-refractivity contribution in [2.75, 3.05) is 12.4 Å². The number of aryl methyl sites for hydroxylation is 1. The van der Waals surface area contributed by atoms with Gasteiger partial charge >= 0.3 is 0 Å². The first-order valence-electron chi connectivity index (χ1n) is 6.73. The zero-order valence-corrected chi connectivity index (χ0v) is 12.9. The van der Waals surface area contributed by atoms with E-state index in [4.69, 9.17) is 20.8 Å². The predicted molar refractivity (Wildman–Crippen MR) is 86.9 cm³/mol. The van der Waals surface area contributed by atoms with Crippen LogP contribution in [-0.4, -0.2) is 13.0 Å². The van der Waals surface area contributed by atoms with Crippen LogP contribution in [0, 0.1) is 6.92 Å². The van der Waals surface area contributed by atoms with Gasteiger partial charge in [-0.25, -0.2) is 0 Å². The lowest BCUT2D eigenvalue weighted by Crippen LogP contribution is -2.12. The molecule has 0 atom stereocenters. The molecule has 5 heteroatoms. The second-order valence-corrected chi connectivity index (χ2v) is 5.26. The molecule has 0 spiro atoms. The van der Waals surface area contributed by atoms with Gasteiger partial charge in [0.25, 0.3) is 5.91 Å². The van der Waals surface area contributed by atoms with Crippen LogP contribution in [0.4, 0.5) is 5.69 Å². The summed E-state index contributed by atoms with van der Waals surface area (Å²) in [5, 5.41) is 4.09. The van der Waals surface area contributed by atoms with E-state index in [2.05, 4.69) is 5.32 Å². The molecule has 2 aromatic carbocycles. The number of carbonyl (C=O) groups is 1. The Morgan fingerprint density at radius 2 is 2.00 bits per heavy atom. The van der Waals surface area contributed by atoms with Gasteiger partial charge in [0, 0.05) is 10.9 Å². The van der Waals surface area contributed by atoms with Crippen molar-refractivity contribution in [3.8, 4) is 5.75 Å². The SMILES string of the molecule is COc1ccc2oc(C(=O)Nc3ccccc3Cl)c(C)c2c1. The third-order valence-electron chi connectivity index (χ3n) is 3.47. The van der Waals surface area contributed by atoms with E-state index in [1.165, 1.54) is 0 Å². The van der Waals surface area contributed by atoms with E-state index >= 15 is 0 Å². The molecule has 1 N–H and O–H groups in total. The fourth-order valence-electron chi connectivity index (χ4n) is 2.29. The lowest BCUT2D eigenvalue weighted by atomic mass is 10.1. The number of methoxy groups -OCH3 is 1. The Morgan fingerprint density at radius 3 is 2.73 bits per heavy atom. The van der Waals surface area contributed by atoms with Crippen molar-refractivity contribution in [2.45, 2.75) is 6.92 Å². The third kappa shape index (κ3) is 2.53. The summed E-state index contributed by atoms with van der Waals surface area (Å²) in [5.41, 5.74) is 1.95. The number of carbonyl (C=O) groups excluding carboxylic acids is 1. The number of hydrogen-bond acceptors (Lipinski definition) is 3. The molecule has 1 aromatic heterocycles. The summed E-state index contributed by atoms with van der Waals surface area (Å²) in [6.07, 6.45) is 0. The molecule has 0 bridgehead atoms. The van der Waals surface area contributed by atoms with Crippen LogP contribution in [0.3, 0.4) is 0 Å². The summed E-state index contributed by atoms with van der Waals surface area (Å²) < 4.78 is 10.9. The maximum atomic E-state index is 12.4. The zero-order chi connectivity index (χ0) is 15.7. The molecule has 3 aromatic rings. The predicted octanol–water partition coefficient (Wildman–Crippen LogP) is 4.66. The number of hydrogen-bond donors (Lipinski definition) is 1. The molecule has 0 fully saturated rings. The van der Waals surface area contributed by atoms with Crippen LogP contribution in [0.1, 0.15) is 16.1 Å². The second-order valence-electron chi connectivity index (χ2n) is 4.85.